The van der Waals surface area contributed by atoms with Crippen LogP contribution in [-0.2, 0) is 11.8 Å². The highest BCUT2D eigenvalue weighted by molar-refractivity contribution is 5.99. The van der Waals surface area contributed by atoms with Crippen LogP contribution in [0, 0.1) is 12.8 Å². The quantitative estimate of drug-likeness (QED) is 0.406. The van der Waals surface area contributed by atoms with Gasteiger partial charge in [-0.3, -0.25) is 5.32 Å². The Labute approximate surface area is 212 Å². The zero-order chi connectivity index (χ0) is 25.9. The number of rotatable bonds is 5. The van der Waals surface area contributed by atoms with Gasteiger partial charge in [0.2, 0.25) is 0 Å². The van der Waals surface area contributed by atoms with Crippen LogP contribution in [0.5, 0.6) is 0 Å². The summed E-state index contributed by atoms with van der Waals surface area (Å²) in [6, 6.07) is 17.4. The topological polar surface area (TPSA) is 99.5 Å². The predicted octanol–water partition coefficient (Wildman–Crippen LogP) is 6.05. The first-order valence-electron chi connectivity index (χ1n) is 12.4. The molecule has 3 aromatic rings. The number of amides is 3. The van der Waals surface area contributed by atoms with Crippen molar-refractivity contribution in [3.05, 3.63) is 71.4 Å². The largest absolute Gasteiger partial charge is 0.465 e. The monoisotopic (exact) mass is 489 g/mol. The molecule has 0 saturated carbocycles. The first kappa shape index (κ1) is 25.3. The lowest BCUT2D eigenvalue weighted by molar-refractivity contribution is 0.124. The molecule has 8 nitrogen and oxygen atoms in total. The molecule has 2 heterocycles. The fraction of sp³-hybridized carbons (Fsp3) is 0.393. The summed E-state index contributed by atoms with van der Waals surface area (Å²) in [5.74, 6) is 1.08. The molecule has 0 aliphatic carbocycles. The number of carbonyl (C=O) groups excluding carboxylic acids is 1. The van der Waals surface area contributed by atoms with Crippen LogP contribution in [0.2, 0.25) is 0 Å². The maximum absolute atomic E-state index is 12.9. The molecule has 8 heteroatoms. The van der Waals surface area contributed by atoms with E-state index in [0.29, 0.717) is 30.5 Å². The van der Waals surface area contributed by atoms with Gasteiger partial charge >= 0.3 is 12.1 Å². The Hall–Kier alpha value is -3.81. The van der Waals surface area contributed by atoms with Crippen molar-refractivity contribution in [2.75, 3.05) is 23.7 Å². The third-order valence-corrected chi connectivity index (χ3v) is 6.62. The minimum atomic E-state index is -0.835. The number of hydrogen-bond donors (Lipinski definition) is 3. The lowest BCUT2D eigenvalue weighted by Crippen LogP contribution is -2.37. The Kier molecular flexibility index (Phi) is 7.33. The van der Waals surface area contributed by atoms with Crippen molar-refractivity contribution < 1.29 is 14.7 Å². The summed E-state index contributed by atoms with van der Waals surface area (Å²) in [6.45, 7) is 9.50. The molecule has 0 radical (unpaired) electrons. The molecule has 1 aromatic heterocycles. The summed E-state index contributed by atoms with van der Waals surface area (Å²) in [5, 5.41) is 19.7. The van der Waals surface area contributed by atoms with Crippen molar-refractivity contribution >= 4 is 23.6 Å². The molecule has 0 spiro atoms. The molecular weight excluding hydrogens is 454 g/mol. The Balaban J connectivity index is 1.39. The van der Waals surface area contributed by atoms with E-state index in [1.807, 2.05) is 61.5 Å². The molecule has 3 N–H and O–H groups in total. The average molecular weight is 490 g/mol. The molecule has 1 aliphatic rings. The number of nitrogens with one attached hydrogen (secondary N) is 2. The predicted molar refractivity (Wildman–Crippen MR) is 142 cm³/mol. The molecular formula is C28H35N5O3. The fourth-order valence-electron chi connectivity index (χ4n) is 4.38. The van der Waals surface area contributed by atoms with E-state index in [1.54, 1.807) is 4.68 Å². The number of hydrogen-bond acceptors (Lipinski definition) is 3. The zero-order valence-electron chi connectivity index (χ0n) is 21.4. The molecule has 190 valence electrons. The van der Waals surface area contributed by atoms with Crippen LogP contribution in [0.4, 0.5) is 21.1 Å². The zero-order valence-corrected chi connectivity index (χ0v) is 21.4. The lowest BCUT2D eigenvalue weighted by Gasteiger charge is -2.30. The van der Waals surface area contributed by atoms with Gasteiger partial charge in [-0.1, -0.05) is 50.6 Å². The minimum absolute atomic E-state index is 0.164. The smallest absolute Gasteiger partial charge is 0.407 e. The van der Waals surface area contributed by atoms with Gasteiger partial charge in [0.05, 0.1) is 11.4 Å². The molecule has 36 heavy (non-hydrogen) atoms. The third kappa shape index (κ3) is 6.24. The second kappa shape index (κ2) is 10.4. The van der Waals surface area contributed by atoms with Crippen molar-refractivity contribution in [3.63, 3.8) is 0 Å². The second-order valence-corrected chi connectivity index (χ2v) is 10.6. The first-order chi connectivity index (χ1) is 17.1. The van der Waals surface area contributed by atoms with E-state index in [1.165, 1.54) is 10.5 Å². The summed E-state index contributed by atoms with van der Waals surface area (Å²) in [4.78, 5) is 25.4. The number of nitrogens with zero attached hydrogens (tertiary/aromatic N) is 3. The normalized spacial score (nSPS) is 14.5. The molecule has 1 aliphatic heterocycles. The first-order valence-corrected chi connectivity index (χ1v) is 12.4. The van der Waals surface area contributed by atoms with E-state index in [9.17, 15) is 9.59 Å². The average Bonchev–Trinajstić information content (AvgIpc) is 3.25. The Morgan fingerprint density at radius 2 is 1.64 bits per heavy atom. The molecule has 1 saturated heterocycles. The van der Waals surface area contributed by atoms with Gasteiger partial charge in [-0.15, -0.1) is 0 Å². The van der Waals surface area contributed by atoms with Crippen molar-refractivity contribution in [1.29, 1.82) is 0 Å². The van der Waals surface area contributed by atoms with Crippen LogP contribution < -0.4 is 10.6 Å². The molecule has 1 fully saturated rings. The Bertz CT molecular complexity index is 1200. The van der Waals surface area contributed by atoms with E-state index in [-0.39, 0.29) is 11.4 Å². The van der Waals surface area contributed by atoms with Gasteiger partial charge in [0, 0.05) is 30.3 Å². The Morgan fingerprint density at radius 1 is 1.00 bits per heavy atom. The van der Waals surface area contributed by atoms with Gasteiger partial charge in [-0.25, -0.2) is 14.3 Å². The van der Waals surface area contributed by atoms with E-state index < -0.39 is 6.09 Å². The maximum atomic E-state index is 12.9. The number of benzene rings is 2. The number of aryl methyl sites for hydroxylation is 1. The van der Waals surface area contributed by atoms with Crippen molar-refractivity contribution in [3.8, 4) is 5.69 Å². The highest BCUT2D eigenvalue weighted by Crippen LogP contribution is 2.27. The highest BCUT2D eigenvalue weighted by atomic mass is 16.4. The van der Waals surface area contributed by atoms with E-state index in [4.69, 9.17) is 10.2 Å². The number of likely N-dealkylation sites (tertiary alicyclic amines) is 1. The van der Waals surface area contributed by atoms with Gasteiger partial charge in [-0.2, -0.15) is 5.10 Å². The van der Waals surface area contributed by atoms with E-state index >= 15 is 0 Å². The lowest BCUT2D eigenvalue weighted by atomic mass is 9.90. The van der Waals surface area contributed by atoms with Gasteiger partial charge in [-0.05, 0) is 61.9 Å². The van der Waals surface area contributed by atoms with Crippen LogP contribution in [-0.4, -0.2) is 45.0 Å². The summed E-state index contributed by atoms with van der Waals surface area (Å²) in [5.41, 5.74) is 4.64. The SMILES string of the molecule is Cc1ccc(-n2nc(C(C)(C)C)cc2NC(=O)Nc2ccc(CC3CCN(C(=O)O)CC3)cc2)cc1. The molecule has 0 unspecified atom stereocenters. The summed E-state index contributed by atoms with van der Waals surface area (Å²) in [7, 11) is 0. The summed E-state index contributed by atoms with van der Waals surface area (Å²) < 4.78 is 1.76. The Morgan fingerprint density at radius 3 is 2.22 bits per heavy atom. The van der Waals surface area contributed by atoms with Crippen LogP contribution in [0.1, 0.15) is 50.4 Å². The summed E-state index contributed by atoms with van der Waals surface area (Å²) >= 11 is 0. The van der Waals surface area contributed by atoms with Crippen molar-refractivity contribution in [2.45, 2.75) is 52.4 Å². The highest BCUT2D eigenvalue weighted by Gasteiger charge is 2.23. The van der Waals surface area contributed by atoms with Gasteiger partial charge < -0.3 is 15.3 Å². The van der Waals surface area contributed by atoms with Gasteiger partial charge in [0.15, 0.2) is 0 Å². The third-order valence-electron chi connectivity index (χ3n) is 6.62. The molecule has 0 bridgehead atoms. The van der Waals surface area contributed by atoms with Gasteiger partial charge in [0.25, 0.3) is 0 Å². The minimum Gasteiger partial charge on any atom is -0.465 e. The van der Waals surface area contributed by atoms with Crippen LogP contribution in [0.3, 0.4) is 0 Å². The standard InChI is InChI=1S/C28H35N5O3/c1-19-5-11-23(12-6-19)33-25(18-24(31-33)28(2,3)4)30-26(34)29-22-9-7-20(8-10-22)17-21-13-15-32(16-14-21)27(35)36/h5-12,18,21H,13-17H2,1-4H3,(H,35,36)(H2,29,30,34). The van der Waals surface area contributed by atoms with Crippen molar-refractivity contribution in [2.24, 2.45) is 5.92 Å². The second-order valence-electron chi connectivity index (χ2n) is 10.6. The molecule has 2 aromatic carbocycles. The van der Waals surface area contributed by atoms with E-state index in [0.717, 1.165) is 36.2 Å². The van der Waals surface area contributed by atoms with Crippen LogP contribution >= 0.6 is 0 Å². The van der Waals surface area contributed by atoms with Gasteiger partial charge in [0.1, 0.15) is 5.82 Å². The van der Waals surface area contributed by atoms with Crippen molar-refractivity contribution in [1.82, 2.24) is 14.7 Å². The maximum Gasteiger partial charge on any atom is 0.407 e. The molecule has 4 rings (SSSR count). The van der Waals surface area contributed by atoms with E-state index in [2.05, 4.69) is 31.4 Å². The number of anilines is 2. The number of urea groups is 1. The summed E-state index contributed by atoms with van der Waals surface area (Å²) in [6.07, 6.45) is 1.82. The fourth-order valence-corrected chi connectivity index (χ4v) is 4.38. The number of carboxylic acid groups (broad SMARTS) is 1. The number of aromatic nitrogens is 2. The number of carbonyl (C=O) groups is 2. The molecule has 0 atom stereocenters. The van der Waals surface area contributed by atoms with Crippen LogP contribution in [0.15, 0.2) is 54.6 Å². The molecule has 3 amide bonds. The van der Waals surface area contributed by atoms with Crippen LogP contribution in [0.25, 0.3) is 5.69 Å². The number of piperidine rings is 1.